The molecule has 174 valence electrons. The molecule has 4 rings (SSSR count). The molecule has 8 heteroatoms. The number of nitrogens with one attached hydrogen (secondary N) is 1. The van der Waals surface area contributed by atoms with Gasteiger partial charge >= 0.3 is 0 Å². The number of furan rings is 1. The molecule has 0 saturated heterocycles. The Kier molecular flexibility index (Phi) is 6.21. The van der Waals surface area contributed by atoms with Crippen LogP contribution < -0.4 is 5.56 Å². The summed E-state index contributed by atoms with van der Waals surface area (Å²) < 4.78 is 7.53. The Bertz CT molecular complexity index is 1300. The zero-order chi connectivity index (χ0) is 23.8. The lowest BCUT2D eigenvalue weighted by Crippen LogP contribution is -2.35. The highest BCUT2D eigenvalue weighted by atomic mass is 16.3. The van der Waals surface area contributed by atoms with Crippen LogP contribution in [-0.2, 0) is 18.6 Å². The number of H-pyrrole nitrogens is 1. The Balaban J connectivity index is 1.78. The number of aromatic amines is 1. The lowest BCUT2D eigenvalue weighted by Gasteiger charge is -2.31. The molecular formula is C25H32N6O2. The van der Waals surface area contributed by atoms with E-state index in [2.05, 4.69) is 72.2 Å². The van der Waals surface area contributed by atoms with Gasteiger partial charge in [-0.3, -0.25) is 9.69 Å². The number of rotatable bonds is 7. The van der Waals surface area contributed by atoms with Gasteiger partial charge in [0.25, 0.3) is 5.56 Å². The summed E-state index contributed by atoms with van der Waals surface area (Å²) in [5.74, 6) is 1.60. The predicted octanol–water partition coefficient (Wildman–Crippen LogP) is 4.63. The summed E-state index contributed by atoms with van der Waals surface area (Å²) in [6, 6.07) is 9.92. The maximum atomic E-state index is 13.1. The minimum Gasteiger partial charge on any atom is -0.468 e. The number of tetrazole rings is 1. The van der Waals surface area contributed by atoms with Crippen LogP contribution in [0.2, 0.25) is 0 Å². The lowest BCUT2D eigenvalue weighted by atomic mass is 10.0. The maximum Gasteiger partial charge on any atom is 0.252 e. The van der Waals surface area contributed by atoms with E-state index >= 15 is 0 Å². The number of hydrogen-bond donors (Lipinski definition) is 1. The second-order valence-electron chi connectivity index (χ2n) is 9.70. The Morgan fingerprint density at radius 2 is 1.97 bits per heavy atom. The molecule has 0 aliphatic carbocycles. The molecule has 1 aromatic carbocycles. The monoisotopic (exact) mass is 448 g/mol. The van der Waals surface area contributed by atoms with E-state index < -0.39 is 0 Å². The molecule has 0 radical (unpaired) electrons. The molecule has 1 N–H and O–H groups in total. The number of aromatic nitrogens is 5. The van der Waals surface area contributed by atoms with E-state index in [0.29, 0.717) is 18.7 Å². The quantitative estimate of drug-likeness (QED) is 0.443. The molecule has 0 spiro atoms. The van der Waals surface area contributed by atoms with E-state index in [1.165, 1.54) is 5.56 Å². The van der Waals surface area contributed by atoms with Crippen molar-refractivity contribution in [1.82, 2.24) is 30.1 Å². The van der Waals surface area contributed by atoms with E-state index in [0.717, 1.165) is 34.5 Å². The zero-order valence-corrected chi connectivity index (χ0v) is 20.2. The average Bonchev–Trinajstić information content (AvgIpc) is 3.42. The van der Waals surface area contributed by atoms with E-state index in [1.54, 1.807) is 6.26 Å². The fraction of sp³-hybridized carbons (Fsp3) is 0.440. The van der Waals surface area contributed by atoms with Crippen molar-refractivity contribution in [3.8, 4) is 0 Å². The van der Waals surface area contributed by atoms with Crippen LogP contribution in [0.25, 0.3) is 10.9 Å². The third-order valence-electron chi connectivity index (χ3n) is 5.94. The number of pyridine rings is 1. The van der Waals surface area contributed by atoms with Gasteiger partial charge in [-0.2, -0.15) is 0 Å². The standard InChI is InChI=1S/C25H32N6O2/c1-7-21(23-27-28-29-31(23)25(4,5)6)30(15-20-9-8-10-33-20)14-19-13-18-12-16(2)11-17(3)22(18)26-24(19)32/h8-13,21H,7,14-15H2,1-6H3,(H,26,32). The molecule has 0 bridgehead atoms. The summed E-state index contributed by atoms with van der Waals surface area (Å²) in [5, 5.41) is 13.6. The molecule has 0 fully saturated rings. The van der Waals surface area contributed by atoms with Crippen LogP contribution in [0.1, 0.15) is 68.4 Å². The Morgan fingerprint density at radius 1 is 1.18 bits per heavy atom. The third-order valence-corrected chi connectivity index (χ3v) is 5.94. The molecule has 1 unspecified atom stereocenters. The molecule has 3 heterocycles. The first kappa shape index (κ1) is 22.9. The lowest BCUT2D eigenvalue weighted by molar-refractivity contribution is 0.142. The number of fused-ring (bicyclic) bond motifs is 1. The molecule has 8 nitrogen and oxygen atoms in total. The molecule has 1 atom stereocenters. The number of benzene rings is 1. The third kappa shape index (κ3) is 4.75. The molecule has 0 aliphatic heterocycles. The molecule has 0 aliphatic rings. The van der Waals surface area contributed by atoms with Gasteiger partial charge in [0.1, 0.15) is 5.76 Å². The molecule has 33 heavy (non-hydrogen) atoms. The van der Waals surface area contributed by atoms with Crippen molar-refractivity contribution in [1.29, 1.82) is 0 Å². The first-order valence-electron chi connectivity index (χ1n) is 11.4. The minimum absolute atomic E-state index is 0.0795. The summed E-state index contributed by atoms with van der Waals surface area (Å²) in [6.45, 7) is 13.4. The first-order chi connectivity index (χ1) is 15.7. The van der Waals surface area contributed by atoms with Crippen molar-refractivity contribution in [3.63, 3.8) is 0 Å². The molecule has 3 aromatic heterocycles. The van der Waals surface area contributed by atoms with Crippen LogP contribution in [-0.4, -0.2) is 30.1 Å². The Hall–Kier alpha value is -3.26. The topological polar surface area (TPSA) is 92.8 Å². The largest absolute Gasteiger partial charge is 0.468 e. The highest BCUT2D eigenvalue weighted by Crippen LogP contribution is 2.29. The minimum atomic E-state index is -0.266. The molecule has 0 saturated carbocycles. The van der Waals surface area contributed by atoms with Crippen LogP contribution >= 0.6 is 0 Å². The van der Waals surface area contributed by atoms with Crippen LogP contribution in [0.4, 0.5) is 0 Å². The van der Waals surface area contributed by atoms with Crippen molar-refractivity contribution in [3.05, 3.63) is 75.2 Å². The van der Waals surface area contributed by atoms with E-state index in [9.17, 15) is 4.79 Å². The highest BCUT2D eigenvalue weighted by Gasteiger charge is 2.30. The SMILES string of the molecule is CCC(c1nnnn1C(C)(C)C)N(Cc1ccco1)Cc1cc2cc(C)cc(C)c2[nH]c1=O. The van der Waals surface area contributed by atoms with E-state index in [4.69, 9.17) is 4.42 Å². The van der Waals surface area contributed by atoms with Gasteiger partial charge in [-0.05, 0) is 86.7 Å². The number of nitrogens with zero attached hydrogens (tertiary/aromatic N) is 5. The second-order valence-corrected chi connectivity index (χ2v) is 9.70. The Labute approximate surface area is 193 Å². The average molecular weight is 449 g/mol. The summed E-state index contributed by atoms with van der Waals surface area (Å²) >= 11 is 0. The van der Waals surface area contributed by atoms with Gasteiger partial charge in [-0.1, -0.05) is 18.6 Å². The van der Waals surface area contributed by atoms with Gasteiger partial charge in [0.2, 0.25) is 0 Å². The van der Waals surface area contributed by atoms with Crippen LogP contribution in [0.5, 0.6) is 0 Å². The smallest absolute Gasteiger partial charge is 0.252 e. The summed E-state index contributed by atoms with van der Waals surface area (Å²) in [5.41, 5.74) is 3.48. The second kappa shape index (κ2) is 8.94. The van der Waals surface area contributed by atoms with Crippen molar-refractivity contribution in [2.75, 3.05) is 0 Å². The zero-order valence-electron chi connectivity index (χ0n) is 20.2. The normalized spacial score (nSPS) is 13.2. The van der Waals surface area contributed by atoms with Gasteiger partial charge in [0.05, 0.1) is 29.9 Å². The molecular weight excluding hydrogens is 416 g/mol. The van der Waals surface area contributed by atoms with Gasteiger partial charge in [0, 0.05) is 12.1 Å². The fourth-order valence-electron chi connectivity index (χ4n) is 4.43. The van der Waals surface area contributed by atoms with Crippen molar-refractivity contribution < 1.29 is 4.42 Å². The van der Waals surface area contributed by atoms with Crippen LogP contribution in [0.15, 0.2) is 45.8 Å². The summed E-state index contributed by atoms with van der Waals surface area (Å²) in [6.07, 6.45) is 2.45. The predicted molar refractivity (Wildman–Crippen MR) is 128 cm³/mol. The van der Waals surface area contributed by atoms with Gasteiger partial charge in [0.15, 0.2) is 5.82 Å². The van der Waals surface area contributed by atoms with Crippen LogP contribution in [0, 0.1) is 13.8 Å². The summed E-state index contributed by atoms with van der Waals surface area (Å²) in [4.78, 5) is 18.4. The highest BCUT2D eigenvalue weighted by molar-refractivity contribution is 5.82. The first-order valence-corrected chi connectivity index (χ1v) is 11.4. The van der Waals surface area contributed by atoms with Crippen molar-refractivity contribution in [2.24, 2.45) is 0 Å². The fourth-order valence-corrected chi connectivity index (χ4v) is 4.43. The van der Waals surface area contributed by atoms with Crippen molar-refractivity contribution >= 4 is 10.9 Å². The van der Waals surface area contributed by atoms with E-state index in [1.807, 2.05) is 29.8 Å². The van der Waals surface area contributed by atoms with Gasteiger partial charge in [-0.25, -0.2) is 4.68 Å². The molecule has 4 aromatic rings. The van der Waals surface area contributed by atoms with Gasteiger partial charge in [-0.15, -0.1) is 5.10 Å². The maximum absolute atomic E-state index is 13.1. The molecule has 0 amide bonds. The van der Waals surface area contributed by atoms with Gasteiger partial charge < -0.3 is 9.40 Å². The summed E-state index contributed by atoms with van der Waals surface area (Å²) in [7, 11) is 0. The number of aryl methyl sites for hydroxylation is 2. The number of hydrogen-bond acceptors (Lipinski definition) is 6. The Morgan fingerprint density at radius 3 is 2.64 bits per heavy atom. The van der Waals surface area contributed by atoms with Crippen LogP contribution in [0.3, 0.4) is 0 Å². The van der Waals surface area contributed by atoms with Crippen molar-refractivity contribution in [2.45, 2.75) is 72.6 Å². The van der Waals surface area contributed by atoms with E-state index in [-0.39, 0.29) is 17.1 Å².